The van der Waals surface area contributed by atoms with Gasteiger partial charge in [-0.3, -0.25) is 4.79 Å². The fraction of sp³-hybridized carbons (Fsp3) is 0.929. The monoisotopic (exact) mass is 301 g/mol. The lowest BCUT2D eigenvalue weighted by Gasteiger charge is -2.33. The average Bonchev–Trinajstić information content (AvgIpc) is 3.09. The molecular formula is C14H24BrNO. The largest absolute Gasteiger partial charge is 0.338 e. The SMILES string of the molecule is CC(C)(Br)C(=O)N(CC1CCCCC1)C1CC1. The molecule has 2 aliphatic carbocycles. The quantitative estimate of drug-likeness (QED) is 0.725. The van der Waals surface area contributed by atoms with Gasteiger partial charge in [-0.2, -0.15) is 0 Å². The van der Waals surface area contributed by atoms with Gasteiger partial charge in [-0.15, -0.1) is 0 Å². The number of rotatable bonds is 4. The van der Waals surface area contributed by atoms with E-state index in [1.54, 1.807) is 0 Å². The van der Waals surface area contributed by atoms with Gasteiger partial charge in [0, 0.05) is 12.6 Å². The molecule has 0 aromatic carbocycles. The topological polar surface area (TPSA) is 20.3 Å². The first kappa shape index (κ1) is 13.4. The zero-order valence-corrected chi connectivity index (χ0v) is 12.6. The number of halogens is 1. The molecule has 0 N–H and O–H groups in total. The van der Waals surface area contributed by atoms with Crippen molar-refractivity contribution in [2.75, 3.05) is 6.54 Å². The smallest absolute Gasteiger partial charge is 0.239 e. The highest BCUT2D eigenvalue weighted by molar-refractivity contribution is 9.10. The molecule has 0 radical (unpaired) electrons. The number of alkyl halides is 1. The summed E-state index contributed by atoms with van der Waals surface area (Å²) < 4.78 is -0.399. The fourth-order valence-corrected chi connectivity index (χ4v) is 3.00. The molecule has 98 valence electrons. The first-order valence-corrected chi connectivity index (χ1v) is 7.78. The highest BCUT2D eigenvalue weighted by Crippen LogP contribution is 2.34. The van der Waals surface area contributed by atoms with Crippen LogP contribution in [0.4, 0.5) is 0 Å². The second-order valence-electron chi connectivity index (χ2n) is 6.17. The average molecular weight is 302 g/mol. The number of carbonyl (C=O) groups is 1. The third-order valence-electron chi connectivity index (χ3n) is 3.94. The van der Waals surface area contributed by atoms with Crippen molar-refractivity contribution in [2.24, 2.45) is 5.92 Å². The summed E-state index contributed by atoms with van der Waals surface area (Å²) in [6.07, 6.45) is 9.16. The van der Waals surface area contributed by atoms with Gasteiger partial charge in [0.1, 0.15) is 0 Å². The van der Waals surface area contributed by atoms with Gasteiger partial charge in [0.15, 0.2) is 0 Å². The van der Waals surface area contributed by atoms with Crippen LogP contribution in [0.15, 0.2) is 0 Å². The molecule has 2 nitrogen and oxygen atoms in total. The molecule has 2 saturated carbocycles. The summed E-state index contributed by atoms with van der Waals surface area (Å²) in [4.78, 5) is 14.6. The normalized spacial score (nSPS) is 22.5. The third-order valence-corrected chi connectivity index (χ3v) is 4.28. The maximum absolute atomic E-state index is 12.4. The summed E-state index contributed by atoms with van der Waals surface area (Å²) in [6, 6.07) is 0.543. The zero-order valence-electron chi connectivity index (χ0n) is 11.0. The van der Waals surface area contributed by atoms with Gasteiger partial charge in [-0.1, -0.05) is 35.2 Å². The van der Waals surface area contributed by atoms with Crippen LogP contribution in [0.1, 0.15) is 58.8 Å². The van der Waals surface area contributed by atoms with Gasteiger partial charge < -0.3 is 4.90 Å². The molecule has 0 heterocycles. The van der Waals surface area contributed by atoms with Crippen molar-refractivity contribution in [3.8, 4) is 0 Å². The maximum atomic E-state index is 12.4. The lowest BCUT2D eigenvalue weighted by Crippen LogP contribution is -2.45. The molecule has 0 saturated heterocycles. The van der Waals surface area contributed by atoms with E-state index in [0.29, 0.717) is 6.04 Å². The van der Waals surface area contributed by atoms with E-state index in [1.807, 2.05) is 13.8 Å². The van der Waals surface area contributed by atoms with E-state index in [4.69, 9.17) is 0 Å². The van der Waals surface area contributed by atoms with Gasteiger partial charge in [-0.05, 0) is 45.4 Å². The minimum absolute atomic E-state index is 0.283. The second kappa shape index (κ2) is 5.29. The Morgan fingerprint density at radius 3 is 2.24 bits per heavy atom. The van der Waals surface area contributed by atoms with Crippen molar-refractivity contribution in [3.63, 3.8) is 0 Å². The molecule has 0 atom stereocenters. The van der Waals surface area contributed by atoms with E-state index in [9.17, 15) is 4.79 Å². The molecule has 0 aliphatic heterocycles. The third kappa shape index (κ3) is 3.70. The summed E-state index contributed by atoms with van der Waals surface area (Å²) in [5.74, 6) is 1.04. The van der Waals surface area contributed by atoms with Gasteiger partial charge >= 0.3 is 0 Å². The molecule has 2 rings (SSSR count). The Bertz CT molecular complexity index is 274. The Balaban J connectivity index is 1.95. The van der Waals surface area contributed by atoms with Gasteiger partial charge in [0.25, 0.3) is 0 Å². The van der Waals surface area contributed by atoms with E-state index in [1.165, 1.54) is 44.9 Å². The van der Waals surface area contributed by atoms with Crippen LogP contribution in [-0.2, 0) is 4.79 Å². The highest BCUT2D eigenvalue weighted by atomic mass is 79.9. The highest BCUT2D eigenvalue weighted by Gasteiger charge is 2.39. The van der Waals surface area contributed by atoms with E-state index in [0.717, 1.165) is 12.5 Å². The Labute approximate surface area is 113 Å². The zero-order chi connectivity index (χ0) is 12.5. The Kier molecular flexibility index (Phi) is 4.17. The molecule has 1 amide bonds. The minimum atomic E-state index is -0.399. The molecular weight excluding hydrogens is 278 g/mol. The van der Waals surface area contributed by atoms with Gasteiger partial charge in [0.2, 0.25) is 5.91 Å². The van der Waals surface area contributed by atoms with Crippen LogP contribution in [0.3, 0.4) is 0 Å². The first-order valence-electron chi connectivity index (χ1n) is 6.98. The van der Waals surface area contributed by atoms with E-state index >= 15 is 0 Å². The fourth-order valence-electron chi connectivity index (χ4n) is 2.77. The van der Waals surface area contributed by atoms with Crippen molar-refractivity contribution >= 4 is 21.8 Å². The predicted octanol–water partition coefficient (Wildman–Crippen LogP) is 3.73. The van der Waals surface area contributed by atoms with Crippen LogP contribution in [0.2, 0.25) is 0 Å². The first-order chi connectivity index (χ1) is 7.98. The number of nitrogens with zero attached hydrogens (tertiary/aromatic N) is 1. The molecule has 0 aromatic heterocycles. The number of carbonyl (C=O) groups excluding carboxylic acids is 1. The van der Waals surface area contributed by atoms with Gasteiger partial charge in [0.05, 0.1) is 4.32 Å². The van der Waals surface area contributed by atoms with Crippen LogP contribution < -0.4 is 0 Å². The standard InChI is InChI=1S/C14H24BrNO/c1-14(2,15)13(17)16(12-8-9-12)10-11-6-4-3-5-7-11/h11-12H,3-10H2,1-2H3. The predicted molar refractivity (Wildman–Crippen MR) is 74.3 cm³/mol. The molecule has 0 bridgehead atoms. The molecule has 2 aliphatic rings. The van der Waals surface area contributed by atoms with E-state index in [2.05, 4.69) is 20.8 Å². The van der Waals surface area contributed by atoms with Crippen molar-refractivity contribution in [3.05, 3.63) is 0 Å². The van der Waals surface area contributed by atoms with Crippen LogP contribution in [0.25, 0.3) is 0 Å². The Morgan fingerprint density at radius 2 is 1.76 bits per heavy atom. The van der Waals surface area contributed by atoms with Crippen molar-refractivity contribution < 1.29 is 4.79 Å². The molecule has 0 aromatic rings. The molecule has 2 fully saturated rings. The molecule has 0 spiro atoms. The van der Waals surface area contributed by atoms with Crippen LogP contribution >= 0.6 is 15.9 Å². The van der Waals surface area contributed by atoms with Crippen molar-refractivity contribution in [1.82, 2.24) is 4.90 Å². The lowest BCUT2D eigenvalue weighted by atomic mass is 9.88. The summed E-state index contributed by atoms with van der Waals surface area (Å²) >= 11 is 3.51. The van der Waals surface area contributed by atoms with E-state index < -0.39 is 4.32 Å². The number of hydrogen-bond donors (Lipinski definition) is 0. The molecule has 3 heteroatoms. The second-order valence-corrected chi connectivity index (χ2v) is 8.15. The minimum Gasteiger partial charge on any atom is -0.338 e. The maximum Gasteiger partial charge on any atom is 0.239 e. The number of amides is 1. The van der Waals surface area contributed by atoms with Crippen LogP contribution in [-0.4, -0.2) is 27.7 Å². The van der Waals surface area contributed by atoms with Crippen LogP contribution in [0, 0.1) is 5.92 Å². The summed E-state index contributed by atoms with van der Waals surface area (Å²) in [5, 5.41) is 0. The van der Waals surface area contributed by atoms with E-state index in [-0.39, 0.29) is 5.91 Å². The molecule has 17 heavy (non-hydrogen) atoms. The van der Waals surface area contributed by atoms with Crippen LogP contribution in [0.5, 0.6) is 0 Å². The molecule has 0 unspecified atom stereocenters. The Hall–Kier alpha value is -0.0500. The number of hydrogen-bond acceptors (Lipinski definition) is 1. The van der Waals surface area contributed by atoms with Gasteiger partial charge in [-0.25, -0.2) is 0 Å². The summed E-state index contributed by atoms with van der Waals surface area (Å²) in [5.41, 5.74) is 0. The summed E-state index contributed by atoms with van der Waals surface area (Å²) in [7, 11) is 0. The van der Waals surface area contributed by atoms with Crippen molar-refractivity contribution in [2.45, 2.75) is 69.2 Å². The van der Waals surface area contributed by atoms with Crippen molar-refractivity contribution in [1.29, 1.82) is 0 Å². The lowest BCUT2D eigenvalue weighted by molar-refractivity contribution is -0.134. The summed E-state index contributed by atoms with van der Waals surface area (Å²) in [6.45, 7) is 4.93. The Morgan fingerprint density at radius 1 is 1.18 bits per heavy atom.